The smallest absolute Gasteiger partial charge is 0.183 e. The van der Waals surface area contributed by atoms with Gasteiger partial charge in [0.2, 0.25) is 0 Å². The largest absolute Gasteiger partial charge is 0.388 e. The molecule has 0 aliphatic carbocycles. The van der Waals surface area contributed by atoms with E-state index in [-0.39, 0.29) is 6.61 Å². The van der Waals surface area contributed by atoms with Crippen molar-refractivity contribution in [2.75, 3.05) is 24.6 Å². The van der Waals surface area contributed by atoms with Crippen molar-refractivity contribution < 1.29 is 19.3 Å². The molecule has 7 heteroatoms. The summed E-state index contributed by atoms with van der Waals surface area (Å²) < 4.78 is 19.5. The van der Waals surface area contributed by atoms with Crippen molar-refractivity contribution in [2.24, 2.45) is 0 Å². The zero-order valence-electron chi connectivity index (χ0n) is 12.0. The molecule has 3 rings (SSSR count). The number of hydrogen-bond acceptors (Lipinski definition) is 6. The standard InChI is InChI=1S/C14H20FN3O3/c1-13(20)8-14(21-7-11(13)19)2-4-18(5-3-14)12-10(15)6-16-9-17-12/h6,9,11,19-20H,2-5,7-8H2,1H3/t11-,13-/m0/s1. The molecule has 0 unspecified atom stereocenters. The summed E-state index contributed by atoms with van der Waals surface area (Å²) in [5, 5.41) is 20.0. The van der Waals surface area contributed by atoms with E-state index in [4.69, 9.17) is 4.74 Å². The average molecular weight is 297 g/mol. The predicted octanol–water partition coefficient (Wildman–Crippen LogP) is 0.487. The minimum Gasteiger partial charge on any atom is -0.388 e. The second kappa shape index (κ2) is 5.15. The van der Waals surface area contributed by atoms with Gasteiger partial charge in [-0.05, 0) is 19.8 Å². The van der Waals surface area contributed by atoms with E-state index in [9.17, 15) is 14.6 Å². The molecule has 6 nitrogen and oxygen atoms in total. The normalized spacial score (nSPS) is 32.4. The Bertz CT molecular complexity index is 518. The molecule has 3 heterocycles. The van der Waals surface area contributed by atoms with E-state index in [1.807, 2.05) is 4.90 Å². The minimum atomic E-state index is -1.14. The Morgan fingerprint density at radius 3 is 2.76 bits per heavy atom. The molecule has 1 spiro atoms. The summed E-state index contributed by atoms with van der Waals surface area (Å²) in [6.45, 7) is 2.97. The van der Waals surface area contributed by atoms with Gasteiger partial charge in [0.1, 0.15) is 12.4 Å². The molecule has 2 atom stereocenters. The Morgan fingerprint density at radius 1 is 1.43 bits per heavy atom. The van der Waals surface area contributed by atoms with Crippen LogP contribution in [-0.2, 0) is 4.74 Å². The highest BCUT2D eigenvalue weighted by atomic mass is 19.1. The van der Waals surface area contributed by atoms with Gasteiger partial charge in [-0.15, -0.1) is 0 Å². The van der Waals surface area contributed by atoms with Gasteiger partial charge in [-0.2, -0.15) is 0 Å². The number of hydrogen-bond donors (Lipinski definition) is 2. The van der Waals surface area contributed by atoms with Crippen molar-refractivity contribution in [2.45, 2.75) is 43.5 Å². The number of aliphatic hydroxyl groups excluding tert-OH is 1. The quantitative estimate of drug-likeness (QED) is 0.785. The molecule has 2 N–H and O–H groups in total. The molecule has 21 heavy (non-hydrogen) atoms. The molecule has 2 aliphatic heterocycles. The molecular formula is C14H20FN3O3. The van der Waals surface area contributed by atoms with Crippen molar-refractivity contribution >= 4 is 5.82 Å². The number of ether oxygens (including phenoxy) is 1. The fraction of sp³-hybridized carbons (Fsp3) is 0.714. The van der Waals surface area contributed by atoms with Crippen LogP contribution >= 0.6 is 0 Å². The lowest BCUT2D eigenvalue weighted by Gasteiger charge is -2.50. The van der Waals surface area contributed by atoms with E-state index >= 15 is 0 Å². The molecule has 0 radical (unpaired) electrons. The first-order valence-corrected chi connectivity index (χ1v) is 7.17. The predicted molar refractivity (Wildman–Crippen MR) is 73.4 cm³/mol. The van der Waals surface area contributed by atoms with Gasteiger partial charge in [0.25, 0.3) is 0 Å². The molecule has 0 aromatic carbocycles. The van der Waals surface area contributed by atoms with Gasteiger partial charge in [0, 0.05) is 19.5 Å². The van der Waals surface area contributed by atoms with E-state index in [2.05, 4.69) is 9.97 Å². The Kier molecular flexibility index (Phi) is 3.59. The number of aliphatic hydroxyl groups is 2. The number of nitrogens with zero attached hydrogens (tertiary/aromatic N) is 3. The Balaban J connectivity index is 1.69. The van der Waals surface area contributed by atoms with Crippen LogP contribution in [0.5, 0.6) is 0 Å². The van der Waals surface area contributed by atoms with Gasteiger partial charge in [0.15, 0.2) is 11.6 Å². The summed E-state index contributed by atoms with van der Waals surface area (Å²) >= 11 is 0. The highest BCUT2D eigenvalue weighted by Crippen LogP contribution is 2.40. The minimum absolute atomic E-state index is 0.134. The van der Waals surface area contributed by atoms with Gasteiger partial charge >= 0.3 is 0 Å². The summed E-state index contributed by atoms with van der Waals surface area (Å²) in [5.74, 6) is -0.122. The molecule has 2 saturated heterocycles. The van der Waals surface area contributed by atoms with Gasteiger partial charge in [-0.25, -0.2) is 14.4 Å². The molecule has 0 amide bonds. The first-order chi connectivity index (χ1) is 9.92. The molecule has 0 saturated carbocycles. The van der Waals surface area contributed by atoms with Crippen molar-refractivity contribution in [3.05, 3.63) is 18.3 Å². The van der Waals surface area contributed by atoms with Crippen LogP contribution in [0, 0.1) is 5.82 Å². The van der Waals surface area contributed by atoms with Gasteiger partial charge < -0.3 is 19.8 Å². The third-order valence-corrected chi connectivity index (χ3v) is 4.57. The number of rotatable bonds is 1. The van der Waals surface area contributed by atoms with Crippen LogP contribution in [0.2, 0.25) is 0 Å². The Hall–Kier alpha value is -1.31. The number of piperidine rings is 1. The van der Waals surface area contributed by atoms with Gasteiger partial charge in [0.05, 0.1) is 24.0 Å². The monoisotopic (exact) mass is 297 g/mol. The molecular weight excluding hydrogens is 277 g/mol. The summed E-state index contributed by atoms with van der Waals surface area (Å²) in [6, 6.07) is 0. The van der Waals surface area contributed by atoms with Crippen LogP contribution in [0.15, 0.2) is 12.5 Å². The van der Waals surface area contributed by atoms with E-state index in [0.717, 1.165) is 6.20 Å². The van der Waals surface area contributed by atoms with Crippen LogP contribution in [-0.4, -0.2) is 57.2 Å². The summed E-state index contributed by atoms with van der Waals surface area (Å²) in [5.41, 5.74) is -1.58. The average Bonchev–Trinajstić information content (AvgIpc) is 2.45. The van der Waals surface area contributed by atoms with Crippen LogP contribution in [0.4, 0.5) is 10.2 Å². The molecule has 1 aromatic rings. The van der Waals surface area contributed by atoms with Crippen molar-refractivity contribution in [1.29, 1.82) is 0 Å². The Labute approximate surface area is 122 Å². The van der Waals surface area contributed by atoms with Crippen LogP contribution < -0.4 is 4.90 Å². The van der Waals surface area contributed by atoms with Crippen molar-refractivity contribution in [3.8, 4) is 0 Å². The lowest BCUT2D eigenvalue weighted by Crippen LogP contribution is -2.59. The fourth-order valence-corrected chi connectivity index (χ4v) is 3.24. The van der Waals surface area contributed by atoms with E-state index in [0.29, 0.717) is 38.2 Å². The zero-order valence-corrected chi connectivity index (χ0v) is 12.0. The zero-order chi connectivity index (χ0) is 15.1. The molecule has 2 aliphatic rings. The third-order valence-electron chi connectivity index (χ3n) is 4.57. The maximum Gasteiger partial charge on any atom is 0.183 e. The lowest BCUT2D eigenvalue weighted by molar-refractivity contribution is -0.216. The first-order valence-electron chi connectivity index (χ1n) is 7.17. The second-order valence-electron chi connectivity index (χ2n) is 6.23. The lowest BCUT2D eigenvalue weighted by atomic mass is 9.76. The maximum absolute atomic E-state index is 13.7. The van der Waals surface area contributed by atoms with Crippen LogP contribution in [0.25, 0.3) is 0 Å². The van der Waals surface area contributed by atoms with E-state index in [1.54, 1.807) is 6.92 Å². The summed E-state index contributed by atoms with van der Waals surface area (Å²) in [4.78, 5) is 9.50. The maximum atomic E-state index is 13.7. The van der Waals surface area contributed by atoms with Crippen molar-refractivity contribution in [1.82, 2.24) is 9.97 Å². The number of anilines is 1. The molecule has 0 bridgehead atoms. The van der Waals surface area contributed by atoms with Gasteiger partial charge in [-0.3, -0.25) is 0 Å². The molecule has 1 aromatic heterocycles. The highest BCUT2D eigenvalue weighted by Gasteiger charge is 2.48. The summed E-state index contributed by atoms with van der Waals surface area (Å²) in [7, 11) is 0. The SMILES string of the molecule is C[C@]1(O)CC2(CCN(c3ncncc3F)CC2)OC[C@@H]1O. The van der Waals surface area contributed by atoms with E-state index < -0.39 is 23.1 Å². The first kappa shape index (κ1) is 14.6. The fourth-order valence-electron chi connectivity index (χ4n) is 3.24. The Morgan fingerprint density at radius 2 is 2.14 bits per heavy atom. The summed E-state index contributed by atoms with van der Waals surface area (Å²) in [6.07, 6.45) is 3.35. The molecule has 2 fully saturated rings. The number of halogens is 1. The highest BCUT2D eigenvalue weighted by molar-refractivity contribution is 5.39. The van der Waals surface area contributed by atoms with E-state index in [1.165, 1.54) is 6.33 Å². The third kappa shape index (κ3) is 2.73. The molecule has 116 valence electrons. The van der Waals surface area contributed by atoms with Crippen LogP contribution in [0.3, 0.4) is 0 Å². The second-order valence-corrected chi connectivity index (χ2v) is 6.23. The number of aromatic nitrogens is 2. The van der Waals surface area contributed by atoms with Crippen molar-refractivity contribution in [3.63, 3.8) is 0 Å². The van der Waals surface area contributed by atoms with Gasteiger partial charge in [-0.1, -0.05) is 0 Å². The topological polar surface area (TPSA) is 78.7 Å². The van der Waals surface area contributed by atoms with Crippen LogP contribution in [0.1, 0.15) is 26.2 Å².